The Labute approximate surface area is 106 Å². The van der Waals surface area contributed by atoms with E-state index in [1.54, 1.807) is 13.8 Å². The summed E-state index contributed by atoms with van der Waals surface area (Å²) >= 11 is 3.15. The number of primary amides is 1. The van der Waals surface area contributed by atoms with Gasteiger partial charge in [0.2, 0.25) is 5.75 Å². The lowest BCUT2D eigenvalue weighted by molar-refractivity contribution is -0.386. The van der Waals surface area contributed by atoms with Crippen molar-refractivity contribution in [2.24, 2.45) is 5.73 Å². The maximum absolute atomic E-state index is 11.1. The number of nitrogens with two attached hydrogens (primary N) is 1. The van der Waals surface area contributed by atoms with Crippen LogP contribution < -0.4 is 10.5 Å². The van der Waals surface area contributed by atoms with Crippen LogP contribution in [0.4, 0.5) is 5.69 Å². The smallest absolute Gasteiger partial charge is 0.324 e. The number of halogens is 1. The molecule has 2 N–H and O–H groups in total. The molecule has 0 unspecified atom stereocenters. The summed E-state index contributed by atoms with van der Waals surface area (Å²) in [6.07, 6.45) is -0.256. The number of nitro groups is 1. The summed E-state index contributed by atoms with van der Waals surface area (Å²) in [5, 5.41) is 11.0. The monoisotopic (exact) mass is 302 g/mol. The maximum Gasteiger partial charge on any atom is 0.324 e. The molecule has 7 heteroatoms. The Morgan fingerprint density at radius 3 is 2.53 bits per heavy atom. The Balaban J connectivity index is 3.48. The van der Waals surface area contributed by atoms with Gasteiger partial charge in [-0.05, 0) is 41.9 Å². The first kappa shape index (κ1) is 13.4. The molecule has 0 saturated heterocycles. The van der Waals surface area contributed by atoms with Crippen LogP contribution in [0.5, 0.6) is 5.75 Å². The molecule has 6 nitrogen and oxygen atoms in total. The Morgan fingerprint density at radius 2 is 2.12 bits per heavy atom. The van der Waals surface area contributed by atoms with Gasteiger partial charge in [-0.3, -0.25) is 14.9 Å². The van der Waals surface area contributed by atoms with Crippen LogP contribution in [0.15, 0.2) is 16.6 Å². The van der Waals surface area contributed by atoms with Crippen molar-refractivity contribution in [1.29, 1.82) is 0 Å². The molecule has 92 valence electrons. The van der Waals surface area contributed by atoms with Gasteiger partial charge in [0.05, 0.1) is 15.5 Å². The highest BCUT2D eigenvalue weighted by Gasteiger charge is 2.27. The van der Waals surface area contributed by atoms with Crippen LogP contribution in [0.2, 0.25) is 0 Å². The predicted molar refractivity (Wildman–Crippen MR) is 65.1 cm³/mol. The van der Waals surface area contributed by atoms with Crippen LogP contribution in [0, 0.1) is 10.1 Å². The molecule has 0 heterocycles. The van der Waals surface area contributed by atoms with Crippen molar-refractivity contribution >= 4 is 27.5 Å². The number of rotatable bonds is 4. The van der Waals surface area contributed by atoms with Gasteiger partial charge in [-0.15, -0.1) is 0 Å². The highest BCUT2D eigenvalue weighted by atomic mass is 79.9. The summed E-state index contributed by atoms with van der Waals surface area (Å²) < 4.78 is 5.74. The van der Waals surface area contributed by atoms with Crippen LogP contribution in [0.3, 0.4) is 0 Å². The molecule has 0 aliphatic rings. The van der Waals surface area contributed by atoms with Crippen LogP contribution in [0.25, 0.3) is 0 Å². The molecule has 1 aromatic carbocycles. The van der Waals surface area contributed by atoms with Crippen molar-refractivity contribution in [2.75, 3.05) is 0 Å². The van der Waals surface area contributed by atoms with Crippen molar-refractivity contribution in [2.45, 2.75) is 20.0 Å². The van der Waals surface area contributed by atoms with Crippen LogP contribution in [-0.2, 0) is 0 Å². The summed E-state index contributed by atoms with van der Waals surface area (Å²) in [6, 6.07) is 2.78. The topological polar surface area (TPSA) is 95.5 Å². The van der Waals surface area contributed by atoms with Crippen LogP contribution >= 0.6 is 15.9 Å². The summed E-state index contributed by atoms with van der Waals surface area (Å²) in [7, 11) is 0. The minimum atomic E-state index is -0.863. The first-order valence-corrected chi connectivity index (χ1v) is 5.57. The van der Waals surface area contributed by atoms with Gasteiger partial charge in [0.15, 0.2) is 0 Å². The molecule has 0 spiro atoms. The molecule has 1 rings (SSSR count). The van der Waals surface area contributed by atoms with Gasteiger partial charge >= 0.3 is 5.69 Å². The first-order valence-electron chi connectivity index (χ1n) is 4.78. The van der Waals surface area contributed by atoms with Gasteiger partial charge in [-0.25, -0.2) is 0 Å². The zero-order valence-electron chi connectivity index (χ0n) is 9.27. The fourth-order valence-corrected chi connectivity index (χ4v) is 1.69. The SMILES string of the molecule is CC(C)Oc1c(Br)ccc(C(N)=O)c1[N+](=O)[O-]. The largest absolute Gasteiger partial charge is 0.483 e. The Morgan fingerprint density at radius 1 is 1.53 bits per heavy atom. The number of hydrogen-bond acceptors (Lipinski definition) is 4. The molecule has 1 aromatic rings. The molecule has 0 radical (unpaired) electrons. The van der Waals surface area contributed by atoms with E-state index in [2.05, 4.69) is 15.9 Å². The van der Waals surface area contributed by atoms with Gasteiger partial charge in [-0.1, -0.05) is 0 Å². The molecular weight excluding hydrogens is 292 g/mol. The van der Waals surface area contributed by atoms with E-state index in [-0.39, 0.29) is 17.4 Å². The van der Waals surface area contributed by atoms with Crippen molar-refractivity contribution in [3.05, 3.63) is 32.3 Å². The lowest BCUT2D eigenvalue weighted by Gasteiger charge is -2.12. The first-order chi connectivity index (χ1) is 7.84. The average Bonchev–Trinajstić information content (AvgIpc) is 2.19. The second kappa shape index (κ2) is 5.13. The van der Waals surface area contributed by atoms with Crippen molar-refractivity contribution in [1.82, 2.24) is 0 Å². The van der Waals surface area contributed by atoms with Crippen LogP contribution in [-0.4, -0.2) is 16.9 Å². The lowest BCUT2D eigenvalue weighted by Crippen LogP contribution is -2.15. The van der Waals surface area contributed by atoms with E-state index in [1.165, 1.54) is 12.1 Å². The quantitative estimate of drug-likeness (QED) is 0.681. The van der Waals surface area contributed by atoms with E-state index >= 15 is 0 Å². The van der Waals surface area contributed by atoms with E-state index in [0.29, 0.717) is 4.47 Å². The number of amides is 1. The molecule has 0 atom stereocenters. The summed E-state index contributed by atoms with van der Waals surface area (Å²) in [6.45, 7) is 3.46. The fourth-order valence-electron chi connectivity index (χ4n) is 1.27. The normalized spacial score (nSPS) is 10.4. The predicted octanol–water partition coefficient (Wildman–Crippen LogP) is 2.24. The van der Waals surface area contributed by atoms with Gasteiger partial charge < -0.3 is 10.5 Å². The fraction of sp³-hybridized carbons (Fsp3) is 0.300. The minimum absolute atomic E-state index is 0.0151. The second-order valence-corrected chi connectivity index (χ2v) is 4.41. The number of nitrogens with zero attached hydrogens (tertiary/aromatic N) is 1. The number of carbonyl (C=O) groups is 1. The summed E-state index contributed by atoms with van der Waals surface area (Å²) in [5.41, 5.74) is 4.50. The summed E-state index contributed by atoms with van der Waals surface area (Å²) in [4.78, 5) is 21.4. The number of carbonyl (C=O) groups excluding carboxylic acids is 1. The molecular formula is C10H11BrN2O4. The lowest BCUT2D eigenvalue weighted by atomic mass is 10.1. The van der Waals surface area contributed by atoms with E-state index in [1.807, 2.05) is 0 Å². The van der Waals surface area contributed by atoms with Crippen molar-refractivity contribution in [3.8, 4) is 5.75 Å². The van der Waals surface area contributed by atoms with Crippen molar-refractivity contribution in [3.63, 3.8) is 0 Å². The van der Waals surface area contributed by atoms with E-state index in [4.69, 9.17) is 10.5 Å². The maximum atomic E-state index is 11.1. The highest BCUT2D eigenvalue weighted by molar-refractivity contribution is 9.10. The molecule has 0 aliphatic heterocycles. The zero-order chi connectivity index (χ0) is 13.2. The highest BCUT2D eigenvalue weighted by Crippen LogP contribution is 2.38. The molecule has 17 heavy (non-hydrogen) atoms. The van der Waals surface area contributed by atoms with Gasteiger partial charge in [0.1, 0.15) is 5.56 Å². The minimum Gasteiger partial charge on any atom is -0.483 e. The van der Waals surface area contributed by atoms with E-state index in [9.17, 15) is 14.9 Å². The molecule has 0 aliphatic carbocycles. The Bertz CT molecular complexity index is 474. The Kier molecular flexibility index (Phi) is 4.06. The molecule has 0 fully saturated rings. The van der Waals surface area contributed by atoms with Gasteiger partial charge in [0, 0.05) is 0 Å². The van der Waals surface area contributed by atoms with Crippen LogP contribution in [0.1, 0.15) is 24.2 Å². The van der Waals surface area contributed by atoms with Gasteiger partial charge in [0.25, 0.3) is 5.91 Å². The van der Waals surface area contributed by atoms with E-state index < -0.39 is 16.5 Å². The molecule has 1 amide bonds. The second-order valence-electron chi connectivity index (χ2n) is 3.56. The summed E-state index contributed by atoms with van der Waals surface area (Å²) in [5.74, 6) is -0.848. The number of nitro benzene ring substituents is 1. The Hall–Kier alpha value is -1.63. The third-order valence-corrected chi connectivity index (χ3v) is 2.51. The van der Waals surface area contributed by atoms with Crippen molar-refractivity contribution < 1.29 is 14.5 Å². The molecule has 0 bridgehead atoms. The zero-order valence-corrected chi connectivity index (χ0v) is 10.9. The third kappa shape index (κ3) is 2.94. The average molecular weight is 303 g/mol. The third-order valence-electron chi connectivity index (χ3n) is 1.89. The number of hydrogen-bond donors (Lipinski definition) is 1. The number of benzene rings is 1. The molecule has 0 aromatic heterocycles. The standard InChI is InChI=1S/C10H11BrN2O4/c1-5(2)17-9-7(11)4-3-6(10(12)14)8(9)13(15)16/h3-5H,1-2H3,(H2,12,14). The number of ether oxygens (including phenoxy) is 1. The van der Waals surface area contributed by atoms with Gasteiger partial charge in [-0.2, -0.15) is 0 Å². The van der Waals surface area contributed by atoms with E-state index in [0.717, 1.165) is 0 Å². The molecule has 0 saturated carbocycles.